The second-order valence-corrected chi connectivity index (χ2v) is 12.0. The molecule has 38 heavy (non-hydrogen) atoms. The van der Waals surface area contributed by atoms with Crippen LogP contribution in [0.4, 0.5) is 0 Å². The first-order valence-corrected chi connectivity index (χ1v) is 15.7. The fourth-order valence-electron chi connectivity index (χ4n) is 4.37. The van der Waals surface area contributed by atoms with E-state index >= 15 is 0 Å². The molecule has 0 spiro atoms. The minimum Gasteiger partial charge on any atom is -0.321 e. The highest BCUT2D eigenvalue weighted by Gasteiger charge is 2.24. The molecule has 0 aliphatic rings. The summed E-state index contributed by atoms with van der Waals surface area (Å²) in [4.78, 5) is 31.5. The number of hydrogen-bond acceptors (Lipinski definition) is 6. The topological polar surface area (TPSA) is 97.3 Å². The van der Waals surface area contributed by atoms with Crippen molar-refractivity contribution in [2.45, 2.75) is 59.2 Å². The molecule has 3 rings (SSSR count). The summed E-state index contributed by atoms with van der Waals surface area (Å²) in [6.07, 6.45) is 7.94. The monoisotopic (exact) mass is 626 g/mol. The maximum atomic E-state index is 13.4. The normalized spacial score (nSPS) is 11.8. The number of alkyl halides is 1. The van der Waals surface area contributed by atoms with Gasteiger partial charge in [-0.2, -0.15) is 0 Å². The molecule has 9 nitrogen and oxygen atoms in total. The molecule has 0 bridgehead atoms. The van der Waals surface area contributed by atoms with Gasteiger partial charge in [-0.3, -0.25) is 13.9 Å². The summed E-state index contributed by atoms with van der Waals surface area (Å²) in [6, 6.07) is 7.92. The van der Waals surface area contributed by atoms with Crippen molar-refractivity contribution in [3.8, 4) is 12.3 Å². The van der Waals surface area contributed by atoms with Gasteiger partial charge in [0.2, 0.25) is 0 Å². The number of halogens is 2. The van der Waals surface area contributed by atoms with Crippen LogP contribution in [0.1, 0.15) is 38.1 Å². The smallest absolute Gasteiger partial charge is 0.321 e. The Balaban J connectivity index is 2.00. The number of benzene rings is 1. The van der Waals surface area contributed by atoms with Gasteiger partial charge in [-0.1, -0.05) is 40.0 Å². The van der Waals surface area contributed by atoms with Gasteiger partial charge in [0.25, 0.3) is 5.56 Å². The summed E-state index contributed by atoms with van der Waals surface area (Å²) in [7, 11) is -3.19. The van der Waals surface area contributed by atoms with Crippen LogP contribution in [0, 0.1) is 12.3 Å². The molecule has 206 valence electrons. The third-order valence-corrected chi connectivity index (χ3v) is 9.15. The van der Waals surface area contributed by atoms with Crippen LogP contribution < -0.4 is 11.2 Å². The highest BCUT2D eigenvalue weighted by molar-refractivity contribution is 9.10. The Bertz CT molecular complexity index is 1450. The first-order valence-electron chi connectivity index (χ1n) is 12.6. The number of nitrogens with zero attached hydrogens (tertiary/aromatic N) is 4. The van der Waals surface area contributed by atoms with E-state index in [9.17, 15) is 14.2 Å². The predicted molar refractivity (Wildman–Crippen MR) is 154 cm³/mol. The molecular formula is C26H33BrClN4O5P. The average Bonchev–Trinajstić information content (AvgIpc) is 3.24. The molecule has 3 aromatic rings. The van der Waals surface area contributed by atoms with Crippen LogP contribution in [0.15, 0.2) is 38.3 Å². The molecule has 0 amide bonds. The second kappa shape index (κ2) is 14.3. The van der Waals surface area contributed by atoms with E-state index in [-0.39, 0.29) is 38.3 Å². The largest absolute Gasteiger partial charge is 0.333 e. The third kappa shape index (κ3) is 7.08. The zero-order chi connectivity index (χ0) is 27.7. The van der Waals surface area contributed by atoms with E-state index in [2.05, 4.69) is 21.9 Å². The third-order valence-electron chi connectivity index (χ3n) is 6.04. The summed E-state index contributed by atoms with van der Waals surface area (Å²) in [6.45, 7) is 4.57. The molecule has 0 N–H and O–H groups in total. The number of hydrogen-bond donors (Lipinski definition) is 0. The van der Waals surface area contributed by atoms with E-state index in [0.717, 1.165) is 14.6 Å². The SMILES string of the molecule is C#CCn1c(=O)c2c(nc(CCc3ccccc3Br)n2CCCl)n(CCCCP(=O)(OCC)OCC)c1=O. The lowest BCUT2D eigenvalue weighted by Gasteiger charge is -2.17. The lowest BCUT2D eigenvalue weighted by Crippen LogP contribution is -2.40. The molecule has 0 unspecified atom stereocenters. The van der Waals surface area contributed by atoms with Crippen LogP contribution in [-0.2, 0) is 46.1 Å². The van der Waals surface area contributed by atoms with E-state index in [1.54, 1.807) is 18.4 Å². The Morgan fingerprint density at radius 3 is 2.39 bits per heavy atom. The van der Waals surface area contributed by atoms with Gasteiger partial charge in [0.15, 0.2) is 11.2 Å². The Labute approximate surface area is 235 Å². The van der Waals surface area contributed by atoms with Crippen LogP contribution in [-0.4, -0.2) is 43.9 Å². The zero-order valence-corrected chi connectivity index (χ0v) is 24.9. The number of aromatic nitrogens is 4. The molecule has 12 heteroatoms. The molecule has 2 heterocycles. The number of unbranched alkanes of at least 4 members (excludes halogenated alkanes) is 1. The Hall–Kier alpha value is -2.15. The summed E-state index contributed by atoms with van der Waals surface area (Å²) >= 11 is 9.69. The number of rotatable bonds is 15. The van der Waals surface area contributed by atoms with E-state index < -0.39 is 18.8 Å². The molecule has 0 aliphatic heterocycles. The molecule has 0 saturated carbocycles. The van der Waals surface area contributed by atoms with Crippen molar-refractivity contribution < 1.29 is 13.6 Å². The van der Waals surface area contributed by atoms with Gasteiger partial charge >= 0.3 is 13.3 Å². The van der Waals surface area contributed by atoms with Crippen molar-refractivity contribution in [3.63, 3.8) is 0 Å². The van der Waals surface area contributed by atoms with Crippen molar-refractivity contribution in [2.75, 3.05) is 25.3 Å². The van der Waals surface area contributed by atoms with Gasteiger partial charge in [0.05, 0.1) is 25.9 Å². The molecule has 0 aliphatic carbocycles. The standard InChI is InChI=1S/C26H33BrClN4O5P/c1-4-16-32-25(33)23-24(31(26(32)34)17-9-10-19-38(35,36-5-2)37-6-3)29-22(30(23)18-15-28)14-13-20-11-7-8-12-21(20)27/h1,7-8,11-12H,5-6,9-10,13-19H2,2-3H3. The highest BCUT2D eigenvalue weighted by atomic mass is 79.9. The predicted octanol–water partition coefficient (Wildman–Crippen LogP) is 4.83. The van der Waals surface area contributed by atoms with Gasteiger partial charge in [-0.25, -0.2) is 14.3 Å². The molecule has 0 atom stereocenters. The van der Waals surface area contributed by atoms with Crippen molar-refractivity contribution >= 4 is 46.3 Å². The molecule has 0 fully saturated rings. The van der Waals surface area contributed by atoms with Gasteiger partial charge in [-0.15, -0.1) is 18.0 Å². The number of fused-ring (bicyclic) bond motifs is 1. The Morgan fingerprint density at radius 1 is 1.05 bits per heavy atom. The van der Waals surface area contributed by atoms with E-state index in [1.807, 2.05) is 24.3 Å². The first-order chi connectivity index (χ1) is 18.3. The van der Waals surface area contributed by atoms with Crippen LogP contribution >= 0.6 is 35.1 Å². The highest BCUT2D eigenvalue weighted by Crippen LogP contribution is 2.48. The quantitative estimate of drug-likeness (QED) is 0.104. The number of aryl methyl sites for hydroxylation is 4. The fraction of sp³-hybridized carbons (Fsp3) is 0.500. The summed E-state index contributed by atoms with van der Waals surface area (Å²) in [5.74, 6) is 3.34. The minimum atomic E-state index is -3.19. The van der Waals surface area contributed by atoms with Crippen LogP contribution in [0.25, 0.3) is 11.2 Å². The van der Waals surface area contributed by atoms with Crippen LogP contribution in [0.3, 0.4) is 0 Å². The first kappa shape index (κ1) is 30.4. The molecule has 0 saturated heterocycles. The maximum Gasteiger partial charge on any atom is 0.333 e. The molecule has 0 radical (unpaired) electrons. The van der Waals surface area contributed by atoms with Gasteiger partial charge in [0.1, 0.15) is 5.82 Å². The van der Waals surface area contributed by atoms with Crippen molar-refractivity contribution in [3.05, 3.63) is 61.0 Å². The zero-order valence-electron chi connectivity index (χ0n) is 21.7. The second-order valence-electron chi connectivity index (χ2n) is 8.54. The van der Waals surface area contributed by atoms with Crippen molar-refractivity contribution in [1.29, 1.82) is 0 Å². The van der Waals surface area contributed by atoms with E-state index in [1.165, 1.54) is 4.57 Å². The number of imidazole rings is 1. The minimum absolute atomic E-state index is 0.157. The van der Waals surface area contributed by atoms with E-state index in [0.29, 0.717) is 49.2 Å². The van der Waals surface area contributed by atoms with E-state index in [4.69, 9.17) is 32.1 Å². The van der Waals surface area contributed by atoms with Crippen LogP contribution in [0.2, 0.25) is 0 Å². The average molecular weight is 628 g/mol. The summed E-state index contributed by atoms with van der Waals surface area (Å²) < 4.78 is 28.9. The van der Waals surface area contributed by atoms with Gasteiger partial charge in [-0.05, 0) is 44.7 Å². The molecular weight excluding hydrogens is 595 g/mol. The Kier molecular flexibility index (Phi) is 11.4. The van der Waals surface area contributed by atoms with Gasteiger partial charge < -0.3 is 13.6 Å². The molecule has 2 aromatic heterocycles. The fourth-order valence-corrected chi connectivity index (χ4v) is 6.75. The molecule has 1 aromatic carbocycles. The lowest BCUT2D eigenvalue weighted by atomic mass is 10.1. The Morgan fingerprint density at radius 2 is 1.76 bits per heavy atom. The maximum absolute atomic E-state index is 13.4. The summed E-state index contributed by atoms with van der Waals surface area (Å²) in [5.41, 5.74) is 0.703. The van der Waals surface area contributed by atoms with Crippen LogP contribution in [0.5, 0.6) is 0 Å². The van der Waals surface area contributed by atoms with Gasteiger partial charge in [0, 0.05) is 29.9 Å². The number of terminal acetylenes is 1. The van der Waals surface area contributed by atoms with Crippen molar-refractivity contribution in [2.24, 2.45) is 0 Å². The summed E-state index contributed by atoms with van der Waals surface area (Å²) in [5, 5.41) is 0. The van der Waals surface area contributed by atoms with Crippen molar-refractivity contribution in [1.82, 2.24) is 18.7 Å². The lowest BCUT2D eigenvalue weighted by molar-refractivity contribution is 0.219.